The van der Waals surface area contributed by atoms with Crippen molar-refractivity contribution in [3.63, 3.8) is 0 Å². The maximum absolute atomic E-state index is 12.3. The number of nitrogens with two attached hydrogens (primary N) is 1. The van der Waals surface area contributed by atoms with Gasteiger partial charge in [-0.3, -0.25) is 4.79 Å². The first-order valence-corrected chi connectivity index (χ1v) is 7.04. The van der Waals surface area contributed by atoms with Crippen molar-refractivity contribution in [2.75, 3.05) is 19.3 Å². The molecule has 1 amide bonds. The number of anilines is 1. The van der Waals surface area contributed by atoms with Gasteiger partial charge in [0.2, 0.25) is 0 Å². The van der Waals surface area contributed by atoms with E-state index < -0.39 is 0 Å². The van der Waals surface area contributed by atoms with Crippen molar-refractivity contribution in [1.29, 1.82) is 0 Å². The number of nitrogen functional groups attached to an aromatic ring is 1. The third kappa shape index (κ3) is 3.07. The number of unbranched alkanes of at least 4 members (excludes halogenated alkanes) is 2. The number of carbonyl (C=O) groups is 1. The molecule has 2 aromatic rings. The zero-order valence-electron chi connectivity index (χ0n) is 12.1. The van der Waals surface area contributed by atoms with Gasteiger partial charge >= 0.3 is 0 Å². The molecule has 0 aliphatic heterocycles. The second-order valence-electron chi connectivity index (χ2n) is 5.05. The number of hydrogen-bond donors (Lipinski definition) is 1. The van der Waals surface area contributed by atoms with Crippen LogP contribution in [0, 0.1) is 0 Å². The van der Waals surface area contributed by atoms with Gasteiger partial charge in [0.15, 0.2) is 0 Å². The number of aromatic nitrogens is 1. The molecule has 0 bridgehead atoms. The summed E-state index contributed by atoms with van der Waals surface area (Å²) in [6, 6.07) is 9.27. The van der Waals surface area contributed by atoms with Crippen LogP contribution in [-0.2, 0) is 0 Å². The van der Waals surface area contributed by atoms with Crippen molar-refractivity contribution in [1.82, 2.24) is 9.88 Å². The molecule has 0 saturated carbocycles. The van der Waals surface area contributed by atoms with E-state index in [1.54, 1.807) is 11.0 Å². The van der Waals surface area contributed by atoms with Crippen LogP contribution < -0.4 is 5.73 Å². The number of amides is 1. The molecular weight excluding hydrogens is 250 g/mol. The fourth-order valence-electron chi connectivity index (χ4n) is 2.21. The van der Waals surface area contributed by atoms with Gasteiger partial charge in [-0.2, -0.15) is 0 Å². The quantitative estimate of drug-likeness (QED) is 0.850. The summed E-state index contributed by atoms with van der Waals surface area (Å²) in [7, 11) is 1.81. The van der Waals surface area contributed by atoms with E-state index in [2.05, 4.69) is 11.9 Å². The van der Waals surface area contributed by atoms with Gasteiger partial charge in [0.25, 0.3) is 5.91 Å². The van der Waals surface area contributed by atoms with Gasteiger partial charge < -0.3 is 10.6 Å². The number of para-hydroxylation sites is 1. The predicted octanol–water partition coefficient (Wildman–Crippen LogP) is 3.08. The predicted molar refractivity (Wildman–Crippen MR) is 82.6 cm³/mol. The van der Waals surface area contributed by atoms with Crippen LogP contribution in [0.25, 0.3) is 10.9 Å². The van der Waals surface area contributed by atoms with Gasteiger partial charge in [-0.25, -0.2) is 4.98 Å². The number of benzene rings is 1. The second-order valence-corrected chi connectivity index (χ2v) is 5.05. The van der Waals surface area contributed by atoms with Crippen LogP contribution >= 0.6 is 0 Å². The molecule has 106 valence electrons. The Morgan fingerprint density at radius 3 is 2.80 bits per heavy atom. The molecule has 1 heterocycles. The van der Waals surface area contributed by atoms with Crippen molar-refractivity contribution < 1.29 is 4.79 Å². The highest BCUT2D eigenvalue weighted by Gasteiger charge is 2.14. The van der Waals surface area contributed by atoms with Crippen molar-refractivity contribution in [2.45, 2.75) is 26.2 Å². The largest absolute Gasteiger partial charge is 0.398 e. The van der Waals surface area contributed by atoms with Crippen LogP contribution in [0.2, 0.25) is 0 Å². The zero-order valence-corrected chi connectivity index (χ0v) is 12.1. The van der Waals surface area contributed by atoms with Gasteiger partial charge in [-0.15, -0.1) is 0 Å². The van der Waals surface area contributed by atoms with Crippen LogP contribution in [0.4, 0.5) is 5.69 Å². The molecule has 0 aliphatic carbocycles. The zero-order chi connectivity index (χ0) is 14.5. The van der Waals surface area contributed by atoms with Gasteiger partial charge in [0.05, 0.1) is 5.52 Å². The number of rotatable bonds is 5. The van der Waals surface area contributed by atoms with Crippen LogP contribution in [-0.4, -0.2) is 29.4 Å². The van der Waals surface area contributed by atoms with Crippen molar-refractivity contribution in [3.8, 4) is 0 Å². The Morgan fingerprint density at radius 1 is 1.30 bits per heavy atom. The minimum atomic E-state index is -0.0708. The molecule has 4 heteroatoms. The Kier molecular flexibility index (Phi) is 4.56. The third-order valence-electron chi connectivity index (χ3n) is 3.41. The minimum absolute atomic E-state index is 0.0708. The molecule has 0 radical (unpaired) electrons. The Labute approximate surface area is 119 Å². The molecule has 0 saturated heterocycles. The average Bonchev–Trinajstić information content (AvgIpc) is 2.46. The average molecular weight is 271 g/mol. The smallest absolute Gasteiger partial charge is 0.272 e. The fraction of sp³-hybridized carbons (Fsp3) is 0.375. The summed E-state index contributed by atoms with van der Waals surface area (Å²) in [5, 5.41) is 0.887. The molecule has 0 aliphatic rings. The van der Waals surface area contributed by atoms with E-state index in [0.29, 0.717) is 11.4 Å². The fourth-order valence-corrected chi connectivity index (χ4v) is 2.21. The van der Waals surface area contributed by atoms with E-state index in [1.807, 2.05) is 31.3 Å². The summed E-state index contributed by atoms with van der Waals surface area (Å²) in [5.74, 6) is -0.0708. The van der Waals surface area contributed by atoms with Crippen LogP contribution in [0.1, 0.15) is 36.7 Å². The number of carbonyl (C=O) groups excluding carboxylic acids is 1. The van der Waals surface area contributed by atoms with Gasteiger partial charge in [-0.1, -0.05) is 38.0 Å². The standard InChI is InChI=1S/C16H21N3O/c1-3-4-7-10-19(2)16(20)15-11-13(17)12-8-5-6-9-14(12)18-15/h5-6,8-9,11H,3-4,7,10H2,1-2H3,(H2,17,18). The van der Waals surface area contributed by atoms with Crippen LogP contribution in [0.5, 0.6) is 0 Å². The van der Waals surface area contributed by atoms with Crippen molar-refractivity contribution >= 4 is 22.5 Å². The lowest BCUT2D eigenvalue weighted by Gasteiger charge is -2.17. The monoisotopic (exact) mass is 271 g/mol. The number of hydrogen-bond acceptors (Lipinski definition) is 3. The Morgan fingerprint density at radius 2 is 2.05 bits per heavy atom. The Bertz CT molecular complexity index is 610. The van der Waals surface area contributed by atoms with Crippen LogP contribution in [0.15, 0.2) is 30.3 Å². The second kappa shape index (κ2) is 6.37. The number of fused-ring (bicyclic) bond motifs is 1. The lowest BCUT2D eigenvalue weighted by atomic mass is 10.1. The highest BCUT2D eigenvalue weighted by molar-refractivity contribution is 5.99. The van der Waals surface area contributed by atoms with E-state index in [-0.39, 0.29) is 5.91 Å². The topological polar surface area (TPSA) is 59.2 Å². The third-order valence-corrected chi connectivity index (χ3v) is 3.41. The summed E-state index contributed by atoms with van der Waals surface area (Å²) in [6.07, 6.45) is 3.29. The van der Waals surface area contributed by atoms with E-state index in [1.165, 1.54) is 0 Å². The first-order chi connectivity index (χ1) is 9.63. The Hall–Kier alpha value is -2.10. The molecule has 2 rings (SSSR count). The van der Waals surface area contributed by atoms with Crippen molar-refractivity contribution in [2.24, 2.45) is 0 Å². The number of nitrogens with zero attached hydrogens (tertiary/aromatic N) is 2. The molecule has 0 spiro atoms. The molecular formula is C16H21N3O. The summed E-state index contributed by atoms with van der Waals surface area (Å²) in [4.78, 5) is 18.5. The molecule has 1 aromatic heterocycles. The summed E-state index contributed by atoms with van der Waals surface area (Å²) < 4.78 is 0. The van der Waals surface area contributed by atoms with E-state index in [4.69, 9.17) is 5.73 Å². The summed E-state index contributed by atoms with van der Waals surface area (Å²) >= 11 is 0. The number of pyridine rings is 1. The normalized spacial score (nSPS) is 10.7. The molecule has 1 aromatic carbocycles. The summed E-state index contributed by atoms with van der Waals surface area (Å²) in [6.45, 7) is 2.90. The highest BCUT2D eigenvalue weighted by atomic mass is 16.2. The van der Waals surface area contributed by atoms with Gasteiger partial charge in [-0.05, 0) is 18.6 Å². The molecule has 2 N–H and O–H groups in total. The molecule has 20 heavy (non-hydrogen) atoms. The molecule has 0 unspecified atom stereocenters. The first-order valence-electron chi connectivity index (χ1n) is 7.04. The molecule has 0 atom stereocenters. The van der Waals surface area contributed by atoms with E-state index in [9.17, 15) is 4.79 Å². The maximum atomic E-state index is 12.3. The SMILES string of the molecule is CCCCCN(C)C(=O)c1cc(N)c2ccccc2n1. The van der Waals surface area contributed by atoms with Gasteiger partial charge in [0, 0.05) is 24.7 Å². The van der Waals surface area contributed by atoms with E-state index in [0.717, 1.165) is 36.7 Å². The minimum Gasteiger partial charge on any atom is -0.398 e. The van der Waals surface area contributed by atoms with E-state index >= 15 is 0 Å². The van der Waals surface area contributed by atoms with Crippen molar-refractivity contribution in [3.05, 3.63) is 36.0 Å². The molecule has 0 fully saturated rings. The Balaban J connectivity index is 2.22. The highest BCUT2D eigenvalue weighted by Crippen LogP contribution is 2.20. The lowest BCUT2D eigenvalue weighted by Crippen LogP contribution is -2.28. The maximum Gasteiger partial charge on any atom is 0.272 e. The summed E-state index contributed by atoms with van der Waals surface area (Å²) in [5.41, 5.74) is 7.78. The lowest BCUT2D eigenvalue weighted by molar-refractivity contribution is 0.0787. The van der Waals surface area contributed by atoms with Crippen LogP contribution in [0.3, 0.4) is 0 Å². The molecule has 4 nitrogen and oxygen atoms in total. The van der Waals surface area contributed by atoms with Gasteiger partial charge in [0.1, 0.15) is 5.69 Å². The first kappa shape index (κ1) is 14.3.